The van der Waals surface area contributed by atoms with Crippen LogP contribution in [0.4, 0.5) is 0 Å². The Morgan fingerprint density at radius 3 is 2.50 bits per heavy atom. The second kappa shape index (κ2) is 3.38. The molecule has 0 atom stereocenters. The van der Waals surface area contributed by atoms with Crippen LogP contribution in [0.5, 0.6) is 5.75 Å². The first kappa shape index (κ1) is 8.97. The Kier molecular flexibility index (Phi) is 1.90. The van der Waals surface area contributed by atoms with E-state index in [2.05, 4.69) is 4.98 Å². The predicted molar refractivity (Wildman–Crippen MR) is 59.6 cm³/mol. The van der Waals surface area contributed by atoms with Crippen molar-refractivity contribution in [2.75, 3.05) is 0 Å². The molecule has 0 saturated heterocycles. The predicted octanol–water partition coefficient (Wildman–Crippen LogP) is 3.64. The van der Waals surface area contributed by atoms with Crippen molar-refractivity contribution in [2.45, 2.75) is 0 Å². The minimum atomic E-state index is -0.0749. The molecule has 3 rings (SSSR count). The maximum Gasteiger partial charge on any atom is 0.231 e. The van der Waals surface area contributed by atoms with Crippen molar-refractivity contribution in [1.82, 2.24) is 4.98 Å². The lowest BCUT2D eigenvalue weighted by atomic mass is 10.2. The highest BCUT2D eigenvalue weighted by Gasteiger charge is 2.11. The summed E-state index contributed by atoms with van der Waals surface area (Å²) in [5, 5.41) is 11.6. The fraction of sp³-hybridized carbons (Fsp3) is 0. The zero-order chi connectivity index (χ0) is 11.0. The maximum absolute atomic E-state index is 11.6. The number of rotatable bonds is 1. The molecule has 1 heterocycles. The summed E-state index contributed by atoms with van der Waals surface area (Å²) < 4.78 is 5.52. The summed E-state index contributed by atoms with van der Waals surface area (Å²) in [6.07, 6.45) is 0. The molecule has 1 aromatic heterocycles. The number of nitrogens with zero attached hydrogens (tertiary/aromatic N) is 1. The van der Waals surface area contributed by atoms with Gasteiger partial charge in [-0.15, -0.1) is 0 Å². The first-order valence-corrected chi connectivity index (χ1v) is 4.96. The van der Waals surface area contributed by atoms with Crippen molar-refractivity contribution in [3.8, 4) is 17.2 Å². The molecule has 3 heteroatoms. The normalized spacial score (nSPS) is 10.8. The van der Waals surface area contributed by atoms with Crippen LogP contribution in [0.25, 0.3) is 22.6 Å². The largest absolute Gasteiger partial charge is 0.436 e. The summed E-state index contributed by atoms with van der Waals surface area (Å²) in [6.45, 7) is 0. The molecular formula is C13H8NO2. The van der Waals surface area contributed by atoms with Crippen LogP contribution < -0.4 is 0 Å². The summed E-state index contributed by atoms with van der Waals surface area (Å²) in [5.74, 6) is 0.306. The van der Waals surface area contributed by atoms with E-state index in [-0.39, 0.29) is 5.75 Å². The van der Waals surface area contributed by atoms with Crippen LogP contribution in [0.1, 0.15) is 0 Å². The molecule has 0 amide bonds. The van der Waals surface area contributed by atoms with Crippen molar-refractivity contribution in [3.63, 3.8) is 0 Å². The lowest BCUT2D eigenvalue weighted by molar-refractivity contribution is 0.355. The molecule has 0 fully saturated rings. The molecule has 1 radical (unpaired) electrons. The number of fused-ring (bicyclic) bond motifs is 1. The molecule has 0 unspecified atom stereocenters. The van der Waals surface area contributed by atoms with E-state index in [0.29, 0.717) is 17.0 Å². The van der Waals surface area contributed by atoms with Crippen LogP contribution in [0.3, 0.4) is 0 Å². The third kappa shape index (κ3) is 1.34. The summed E-state index contributed by atoms with van der Waals surface area (Å²) >= 11 is 0. The van der Waals surface area contributed by atoms with Gasteiger partial charge in [0.15, 0.2) is 11.3 Å². The van der Waals surface area contributed by atoms with Crippen molar-refractivity contribution in [1.29, 1.82) is 0 Å². The summed E-state index contributed by atoms with van der Waals surface area (Å²) in [6, 6.07) is 14.2. The first-order chi connectivity index (χ1) is 7.84. The molecule has 0 aliphatic carbocycles. The number of oxazole rings is 1. The van der Waals surface area contributed by atoms with Gasteiger partial charge in [-0.1, -0.05) is 24.3 Å². The van der Waals surface area contributed by atoms with Gasteiger partial charge in [0.1, 0.15) is 5.52 Å². The fourth-order valence-electron chi connectivity index (χ4n) is 1.63. The van der Waals surface area contributed by atoms with Crippen LogP contribution in [-0.2, 0) is 5.11 Å². The minimum absolute atomic E-state index is 0.0749. The smallest absolute Gasteiger partial charge is 0.231 e. The van der Waals surface area contributed by atoms with Gasteiger partial charge in [-0.2, -0.15) is 0 Å². The van der Waals surface area contributed by atoms with E-state index in [9.17, 15) is 5.11 Å². The second-order valence-electron chi connectivity index (χ2n) is 3.48. The highest BCUT2D eigenvalue weighted by molar-refractivity contribution is 5.77. The zero-order valence-electron chi connectivity index (χ0n) is 8.38. The molecule has 0 saturated carbocycles. The Morgan fingerprint density at radius 1 is 0.938 bits per heavy atom. The van der Waals surface area contributed by atoms with E-state index in [1.54, 1.807) is 18.2 Å². The van der Waals surface area contributed by atoms with Crippen molar-refractivity contribution in [2.24, 2.45) is 0 Å². The Bertz CT molecular complexity index is 610. The molecule has 0 bridgehead atoms. The van der Waals surface area contributed by atoms with Gasteiger partial charge in [-0.25, -0.2) is 4.98 Å². The van der Waals surface area contributed by atoms with Gasteiger partial charge >= 0.3 is 0 Å². The molecule has 3 aromatic rings. The van der Waals surface area contributed by atoms with Gasteiger partial charge in [0.25, 0.3) is 0 Å². The van der Waals surface area contributed by atoms with Gasteiger partial charge in [-0.05, 0) is 24.3 Å². The fourth-order valence-corrected chi connectivity index (χ4v) is 1.63. The Morgan fingerprint density at radius 2 is 1.69 bits per heavy atom. The van der Waals surface area contributed by atoms with Crippen molar-refractivity contribution < 1.29 is 9.52 Å². The minimum Gasteiger partial charge on any atom is -0.436 e. The standard InChI is InChI=1S/C13H8NO2/c15-11-7-3-1-5-9(11)13-14-10-6-2-4-8-12(10)16-13/h1-8H. The lowest BCUT2D eigenvalue weighted by Gasteiger charge is -1.94. The number of aromatic nitrogens is 1. The second-order valence-corrected chi connectivity index (χ2v) is 3.48. The first-order valence-electron chi connectivity index (χ1n) is 4.96. The number of hydrogen-bond acceptors (Lipinski definition) is 2. The average molecular weight is 210 g/mol. The molecule has 0 spiro atoms. The van der Waals surface area contributed by atoms with Crippen LogP contribution in [0, 0.1) is 0 Å². The van der Waals surface area contributed by atoms with Gasteiger partial charge in [0.2, 0.25) is 5.89 Å². The Labute approximate surface area is 92.0 Å². The molecule has 77 valence electrons. The highest BCUT2D eigenvalue weighted by Crippen LogP contribution is 2.30. The van der Waals surface area contributed by atoms with Crippen LogP contribution in [0.2, 0.25) is 0 Å². The van der Waals surface area contributed by atoms with E-state index >= 15 is 0 Å². The average Bonchev–Trinajstić information content (AvgIpc) is 2.73. The van der Waals surface area contributed by atoms with Crippen LogP contribution in [0.15, 0.2) is 52.9 Å². The molecule has 2 aromatic carbocycles. The van der Waals surface area contributed by atoms with Gasteiger partial charge in [0.05, 0.1) is 5.56 Å². The van der Waals surface area contributed by atoms with Crippen LogP contribution >= 0.6 is 0 Å². The Hall–Kier alpha value is -2.29. The highest BCUT2D eigenvalue weighted by atomic mass is 16.3. The van der Waals surface area contributed by atoms with Crippen molar-refractivity contribution >= 4 is 11.1 Å². The summed E-state index contributed by atoms with van der Waals surface area (Å²) in [4.78, 5) is 4.28. The molecule has 0 aliphatic heterocycles. The molecule has 0 N–H and O–H groups in total. The monoisotopic (exact) mass is 210 g/mol. The topological polar surface area (TPSA) is 45.9 Å². The van der Waals surface area contributed by atoms with E-state index in [1.807, 2.05) is 24.3 Å². The number of para-hydroxylation sites is 3. The van der Waals surface area contributed by atoms with Crippen LogP contribution in [-0.4, -0.2) is 4.98 Å². The zero-order valence-corrected chi connectivity index (χ0v) is 8.38. The van der Waals surface area contributed by atoms with Gasteiger partial charge in [0, 0.05) is 0 Å². The van der Waals surface area contributed by atoms with E-state index in [0.717, 1.165) is 5.52 Å². The maximum atomic E-state index is 11.6. The lowest BCUT2D eigenvalue weighted by Crippen LogP contribution is -1.76. The summed E-state index contributed by atoms with van der Waals surface area (Å²) in [7, 11) is 0. The molecule has 3 nitrogen and oxygen atoms in total. The summed E-state index contributed by atoms with van der Waals surface area (Å²) in [5.41, 5.74) is 1.96. The van der Waals surface area contributed by atoms with E-state index < -0.39 is 0 Å². The number of hydrogen-bond donors (Lipinski definition) is 0. The quantitative estimate of drug-likeness (QED) is 0.615. The third-order valence-electron chi connectivity index (χ3n) is 2.41. The molecule has 0 aliphatic rings. The Balaban J connectivity index is 2.23. The third-order valence-corrected chi connectivity index (χ3v) is 2.41. The van der Waals surface area contributed by atoms with E-state index in [4.69, 9.17) is 4.42 Å². The number of benzene rings is 2. The van der Waals surface area contributed by atoms with Gasteiger partial charge < -0.3 is 4.42 Å². The van der Waals surface area contributed by atoms with E-state index in [1.165, 1.54) is 6.07 Å². The van der Waals surface area contributed by atoms with Crippen molar-refractivity contribution in [3.05, 3.63) is 48.5 Å². The SMILES string of the molecule is [O]c1ccccc1-c1nc2ccccc2o1. The van der Waals surface area contributed by atoms with Gasteiger partial charge in [-0.3, -0.25) is 5.11 Å². The molecule has 16 heavy (non-hydrogen) atoms. The molecular weight excluding hydrogens is 202 g/mol.